The molecule has 6 nitrogen and oxygen atoms in total. The van der Waals surface area contributed by atoms with E-state index in [2.05, 4.69) is 10.5 Å². The summed E-state index contributed by atoms with van der Waals surface area (Å²) in [5.41, 5.74) is 8.74. The van der Waals surface area contributed by atoms with Crippen molar-refractivity contribution in [3.05, 3.63) is 124 Å². The van der Waals surface area contributed by atoms with Gasteiger partial charge in [-0.2, -0.15) is 5.10 Å². The maximum atomic E-state index is 13.3. The van der Waals surface area contributed by atoms with Crippen LogP contribution in [0.5, 0.6) is 0 Å². The van der Waals surface area contributed by atoms with Crippen LogP contribution in [0.3, 0.4) is 0 Å². The Bertz CT molecular complexity index is 1480. The lowest BCUT2D eigenvalue weighted by Gasteiger charge is -2.24. The van der Waals surface area contributed by atoms with Gasteiger partial charge >= 0.3 is 0 Å². The summed E-state index contributed by atoms with van der Waals surface area (Å²) in [6, 6.07) is 25.5. The lowest BCUT2D eigenvalue weighted by Crippen LogP contribution is -2.27. The number of hydrogen-bond donors (Lipinski definition) is 1. The standard InChI is InChI=1S/C30H27FN4O2S/c1-20-16-25(21(2)35(20)27-14-12-26(31)13-15-27)17-32-33-29(37)23-8-10-24(11-9-23)30-34(28(36)19-38-30)18-22-6-4-3-5-7-22/h3-17,30H,18-19H2,1-2H3,(H,33,37)/b32-17-/t30-/m1/s1. The Labute approximate surface area is 225 Å². The molecule has 38 heavy (non-hydrogen) atoms. The van der Waals surface area contributed by atoms with Crippen LogP contribution in [0.15, 0.2) is 90.0 Å². The molecule has 3 aromatic carbocycles. The number of carbonyl (C=O) groups is 2. The van der Waals surface area contributed by atoms with Gasteiger partial charge in [0.15, 0.2) is 0 Å². The molecule has 0 unspecified atom stereocenters. The Morgan fingerprint density at radius 1 is 1.05 bits per heavy atom. The van der Waals surface area contributed by atoms with Gasteiger partial charge in [0.2, 0.25) is 5.91 Å². The van der Waals surface area contributed by atoms with E-state index in [4.69, 9.17) is 0 Å². The van der Waals surface area contributed by atoms with Gasteiger partial charge in [-0.15, -0.1) is 11.8 Å². The highest BCUT2D eigenvalue weighted by molar-refractivity contribution is 8.00. The van der Waals surface area contributed by atoms with Gasteiger partial charge in [0.25, 0.3) is 5.91 Å². The lowest BCUT2D eigenvalue weighted by molar-refractivity contribution is -0.128. The van der Waals surface area contributed by atoms with Crippen LogP contribution in [0.1, 0.15) is 43.8 Å². The Balaban J connectivity index is 1.24. The van der Waals surface area contributed by atoms with E-state index < -0.39 is 0 Å². The number of carbonyl (C=O) groups excluding carboxylic acids is 2. The van der Waals surface area contributed by atoms with E-state index in [9.17, 15) is 14.0 Å². The molecule has 0 radical (unpaired) electrons. The number of halogens is 1. The zero-order chi connectivity index (χ0) is 26.6. The van der Waals surface area contributed by atoms with Crippen LogP contribution in [0.4, 0.5) is 4.39 Å². The monoisotopic (exact) mass is 526 g/mol. The molecule has 0 bridgehead atoms. The SMILES string of the molecule is Cc1cc(/C=N\NC(=O)c2ccc([C@H]3SCC(=O)N3Cc3ccccc3)cc2)c(C)n1-c1ccc(F)cc1. The number of amides is 2. The number of rotatable bonds is 7. The fourth-order valence-electron chi connectivity index (χ4n) is 4.61. The highest BCUT2D eigenvalue weighted by Crippen LogP contribution is 2.39. The summed E-state index contributed by atoms with van der Waals surface area (Å²) >= 11 is 1.59. The number of aromatic nitrogens is 1. The van der Waals surface area contributed by atoms with Crippen molar-refractivity contribution in [1.82, 2.24) is 14.9 Å². The maximum Gasteiger partial charge on any atom is 0.271 e. The molecule has 0 saturated carbocycles. The van der Waals surface area contributed by atoms with E-state index in [0.717, 1.165) is 33.8 Å². The molecule has 1 aromatic heterocycles. The van der Waals surface area contributed by atoms with Crippen LogP contribution in [-0.2, 0) is 11.3 Å². The van der Waals surface area contributed by atoms with E-state index in [-0.39, 0.29) is 23.0 Å². The van der Waals surface area contributed by atoms with Crippen molar-refractivity contribution in [2.45, 2.75) is 25.8 Å². The van der Waals surface area contributed by atoms with Crippen LogP contribution < -0.4 is 5.43 Å². The maximum absolute atomic E-state index is 13.3. The van der Waals surface area contributed by atoms with E-state index >= 15 is 0 Å². The number of hydrazone groups is 1. The van der Waals surface area contributed by atoms with E-state index in [1.807, 2.05) is 71.8 Å². The molecule has 1 atom stereocenters. The van der Waals surface area contributed by atoms with Crippen molar-refractivity contribution in [2.24, 2.45) is 5.10 Å². The van der Waals surface area contributed by atoms with Gasteiger partial charge in [-0.05, 0) is 67.4 Å². The van der Waals surface area contributed by atoms with Crippen LogP contribution in [0.25, 0.3) is 5.69 Å². The summed E-state index contributed by atoms with van der Waals surface area (Å²) in [6.07, 6.45) is 1.61. The Morgan fingerprint density at radius 2 is 1.76 bits per heavy atom. The van der Waals surface area contributed by atoms with Crippen molar-refractivity contribution in [1.29, 1.82) is 0 Å². The van der Waals surface area contributed by atoms with Crippen LogP contribution in [0, 0.1) is 19.7 Å². The first-order chi connectivity index (χ1) is 18.4. The minimum atomic E-state index is -0.323. The van der Waals surface area contributed by atoms with Gasteiger partial charge in [0.1, 0.15) is 11.2 Å². The topological polar surface area (TPSA) is 66.7 Å². The lowest BCUT2D eigenvalue weighted by atomic mass is 10.1. The van der Waals surface area contributed by atoms with Gasteiger partial charge < -0.3 is 9.47 Å². The predicted molar refractivity (Wildman–Crippen MR) is 149 cm³/mol. The smallest absolute Gasteiger partial charge is 0.271 e. The van der Waals surface area contributed by atoms with Gasteiger partial charge in [-0.1, -0.05) is 42.5 Å². The minimum absolute atomic E-state index is 0.0887. The molecule has 1 fully saturated rings. The summed E-state index contributed by atoms with van der Waals surface area (Å²) in [4.78, 5) is 27.1. The Hall–Kier alpha value is -4.17. The van der Waals surface area contributed by atoms with Crippen molar-refractivity contribution >= 4 is 29.8 Å². The average Bonchev–Trinajstić information content (AvgIpc) is 3.43. The predicted octanol–water partition coefficient (Wildman–Crippen LogP) is 5.77. The molecular weight excluding hydrogens is 499 g/mol. The van der Waals surface area contributed by atoms with E-state index in [0.29, 0.717) is 17.9 Å². The molecule has 1 saturated heterocycles. The zero-order valence-corrected chi connectivity index (χ0v) is 21.9. The molecule has 5 rings (SSSR count). The fraction of sp³-hybridized carbons (Fsp3) is 0.167. The molecule has 0 aliphatic carbocycles. The van der Waals surface area contributed by atoms with Crippen molar-refractivity contribution < 1.29 is 14.0 Å². The van der Waals surface area contributed by atoms with Gasteiger partial charge in [-0.3, -0.25) is 9.59 Å². The molecule has 2 heterocycles. The van der Waals surface area contributed by atoms with E-state index in [1.54, 1.807) is 42.2 Å². The number of aryl methyl sites for hydroxylation is 1. The normalized spacial score (nSPS) is 15.4. The highest BCUT2D eigenvalue weighted by atomic mass is 32.2. The van der Waals surface area contributed by atoms with Gasteiger partial charge in [0.05, 0.1) is 12.0 Å². The van der Waals surface area contributed by atoms with Crippen LogP contribution in [-0.4, -0.2) is 33.2 Å². The van der Waals surface area contributed by atoms with Crippen molar-refractivity contribution in [3.8, 4) is 5.69 Å². The van der Waals surface area contributed by atoms with Crippen LogP contribution >= 0.6 is 11.8 Å². The number of nitrogens with zero attached hydrogens (tertiary/aromatic N) is 3. The summed E-state index contributed by atoms with van der Waals surface area (Å²) < 4.78 is 15.3. The number of nitrogens with one attached hydrogen (secondary N) is 1. The second-order valence-corrected chi connectivity index (χ2v) is 10.2. The first-order valence-corrected chi connectivity index (χ1v) is 13.3. The first kappa shape index (κ1) is 25.5. The molecule has 0 spiro atoms. The van der Waals surface area contributed by atoms with Crippen LogP contribution in [0.2, 0.25) is 0 Å². The molecule has 1 N–H and O–H groups in total. The Morgan fingerprint density at radius 3 is 2.47 bits per heavy atom. The molecular formula is C30H27FN4O2S. The fourth-order valence-corrected chi connectivity index (χ4v) is 5.80. The molecule has 8 heteroatoms. The summed E-state index contributed by atoms with van der Waals surface area (Å²) in [6.45, 7) is 4.46. The zero-order valence-electron chi connectivity index (χ0n) is 21.1. The van der Waals surface area contributed by atoms with Crippen molar-refractivity contribution in [2.75, 3.05) is 5.75 Å². The number of hydrogen-bond acceptors (Lipinski definition) is 4. The quantitative estimate of drug-likeness (QED) is 0.246. The molecule has 4 aromatic rings. The van der Waals surface area contributed by atoms with E-state index in [1.165, 1.54) is 12.1 Å². The largest absolute Gasteiger partial charge is 0.322 e. The molecule has 2 amide bonds. The summed E-state index contributed by atoms with van der Waals surface area (Å²) in [5, 5.41) is 4.07. The van der Waals surface area contributed by atoms with Gasteiger partial charge in [0, 0.05) is 34.7 Å². The number of thioether (sulfide) groups is 1. The number of benzene rings is 3. The third-order valence-corrected chi connectivity index (χ3v) is 7.80. The molecule has 192 valence electrons. The van der Waals surface area contributed by atoms with Crippen molar-refractivity contribution in [3.63, 3.8) is 0 Å². The van der Waals surface area contributed by atoms with Gasteiger partial charge in [-0.25, -0.2) is 9.82 Å². The third kappa shape index (κ3) is 5.40. The second kappa shape index (κ2) is 11.1. The second-order valence-electron chi connectivity index (χ2n) is 9.13. The minimum Gasteiger partial charge on any atom is -0.322 e. The Kier molecular flexibility index (Phi) is 7.42. The third-order valence-electron chi connectivity index (χ3n) is 6.55. The summed E-state index contributed by atoms with van der Waals surface area (Å²) in [5.74, 6) is -0.0556. The highest BCUT2D eigenvalue weighted by Gasteiger charge is 2.32. The average molecular weight is 527 g/mol. The summed E-state index contributed by atoms with van der Waals surface area (Å²) in [7, 11) is 0. The molecule has 1 aliphatic heterocycles. The first-order valence-electron chi connectivity index (χ1n) is 12.2. The molecule has 1 aliphatic rings.